The Morgan fingerprint density at radius 3 is 2.40 bits per heavy atom. The second kappa shape index (κ2) is 4.24. The van der Waals surface area contributed by atoms with Gasteiger partial charge in [-0.2, -0.15) is 0 Å². The SMILES string of the molecule is CC(C)SCN1CCCC1. The van der Waals surface area contributed by atoms with E-state index in [4.69, 9.17) is 0 Å². The maximum atomic E-state index is 2.55. The summed E-state index contributed by atoms with van der Waals surface area (Å²) in [5.74, 6) is 1.25. The van der Waals surface area contributed by atoms with Gasteiger partial charge in [-0.1, -0.05) is 13.8 Å². The monoisotopic (exact) mass is 159 g/mol. The number of likely N-dealkylation sites (tertiary alicyclic amines) is 1. The molecule has 0 aliphatic carbocycles. The molecule has 2 heteroatoms. The number of nitrogens with zero attached hydrogens (tertiary/aromatic N) is 1. The molecule has 0 spiro atoms. The maximum absolute atomic E-state index is 2.55. The van der Waals surface area contributed by atoms with Crippen LogP contribution in [-0.2, 0) is 0 Å². The minimum Gasteiger partial charge on any atom is -0.294 e. The second-order valence-electron chi connectivity index (χ2n) is 3.17. The molecule has 60 valence electrons. The van der Waals surface area contributed by atoms with Crippen LogP contribution in [0.3, 0.4) is 0 Å². The normalized spacial score (nSPS) is 20.7. The summed E-state index contributed by atoms with van der Waals surface area (Å²) in [6.45, 7) is 7.20. The van der Waals surface area contributed by atoms with E-state index in [0.29, 0.717) is 0 Å². The van der Waals surface area contributed by atoms with E-state index in [2.05, 4.69) is 30.5 Å². The van der Waals surface area contributed by atoms with Crippen molar-refractivity contribution in [3.8, 4) is 0 Å². The largest absolute Gasteiger partial charge is 0.294 e. The Kier molecular flexibility index (Phi) is 3.57. The maximum Gasteiger partial charge on any atom is 0.0446 e. The van der Waals surface area contributed by atoms with Gasteiger partial charge in [0.05, 0.1) is 0 Å². The first-order chi connectivity index (χ1) is 4.79. The van der Waals surface area contributed by atoms with Crippen LogP contribution in [0.5, 0.6) is 0 Å². The number of rotatable bonds is 3. The second-order valence-corrected chi connectivity index (χ2v) is 4.70. The average Bonchev–Trinajstić information content (AvgIpc) is 2.34. The zero-order valence-electron chi connectivity index (χ0n) is 6.97. The third-order valence-electron chi connectivity index (χ3n) is 1.79. The first-order valence-corrected chi connectivity index (χ1v) is 5.18. The van der Waals surface area contributed by atoms with Crippen LogP contribution >= 0.6 is 11.8 Å². The van der Waals surface area contributed by atoms with Gasteiger partial charge in [-0.3, -0.25) is 4.90 Å². The number of thioether (sulfide) groups is 1. The van der Waals surface area contributed by atoms with Crippen molar-refractivity contribution in [3.63, 3.8) is 0 Å². The molecule has 0 aromatic carbocycles. The quantitative estimate of drug-likeness (QED) is 0.621. The van der Waals surface area contributed by atoms with Gasteiger partial charge in [0.2, 0.25) is 0 Å². The van der Waals surface area contributed by atoms with Crippen LogP contribution in [-0.4, -0.2) is 29.1 Å². The highest BCUT2D eigenvalue weighted by molar-refractivity contribution is 7.99. The van der Waals surface area contributed by atoms with Crippen LogP contribution in [0.15, 0.2) is 0 Å². The lowest BCUT2D eigenvalue weighted by Crippen LogP contribution is -2.19. The number of hydrogen-bond acceptors (Lipinski definition) is 2. The summed E-state index contributed by atoms with van der Waals surface area (Å²) >= 11 is 2.05. The molecule has 0 N–H and O–H groups in total. The minimum atomic E-state index is 0.792. The van der Waals surface area contributed by atoms with E-state index >= 15 is 0 Å². The standard InChI is InChI=1S/C8H17NS/c1-8(2)10-7-9-5-3-4-6-9/h8H,3-7H2,1-2H3. The zero-order valence-corrected chi connectivity index (χ0v) is 7.78. The van der Waals surface area contributed by atoms with Gasteiger partial charge in [-0.15, -0.1) is 11.8 Å². The van der Waals surface area contributed by atoms with Gasteiger partial charge in [-0.25, -0.2) is 0 Å². The summed E-state index contributed by atoms with van der Waals surface area (Å²) in [6, 6.07) is 0. The summed E-state index contributed by atoms with van der Waals surface area (Å²) < 4.78 is 0. The highest BCUT2D eigenvalue weighted by atomic mass is 32.2. The van der Waals surface area contributed by atoms with E-state index in [-0.39, 0.29) is 0 Å². The molecular formula is C8H17NS. The highest BCUT2D eigenvalue weighted by Crippen LogP contribution is 2.15. The molecule has 10 heavy (non-hydrogen) atoms. The molecule has 1 nitrogen and oxygen atoms in total. The van der Waals surface area contributed by atoms with Gasteiger partial charge in [0.15, 0.2) is 0 Å². The zero-order chi connectivity index (χ0) is 7.40. The van der Waals surface area contributed by atoms with Crippen molar-refractivity contribution >= 4 is 11.8 Å². The Morgan fingerprint density at radius 1 is 1.30 bits per heavy atom. The summed E-state index contributed by atoms with van der Waals surface area (Å²) in [7, 11) is 0. The first kappa shape index (κ1) is 8.41. The lowest BCUT2D eigenvalue weighted by atomic mass is 10.4. The van der Waals surface area contributed by atoms with Crippen LogP contribution < -0.4 is 0 Å². The van der Waals surface area contributed by atoms with Gasteiger partial charge in [-0.05, 0) is 25.9 Å². The Morgan fingerprint density at radius 2 is 1.90 bits per heavy atom. The van der Waals surface area contributed by atoms with Crippen LogP contribution in [0.25, 0.3) is 0 Å². The van der Waals surface area contributed by atoms with Gasteiger partial charge >= 0.3 is 0 Å². The fourth-order valence-electron chi connectivity index (χ4n) is 1.17. The van der Waals surface area contributed by atoms with Gasteiger partial charge < -0.3 is 0 Å². The summed E-state index contributed by atoms with van der Waals surface area (Å²) in [5, 5.41) is 0.792. The molecule has 0 radical (unpaired) electrons. The predicted octanol–water partition coefficient (Wildman–Crippen LogP) is 2.18. The fourth-order valence-corrected chi connectivity index (χ4v) is 1.93. The molecule has 1 heterocycles. The smallest absolute Gasteiger partial charge is 0.0446 e. The molecule has 0 saturated carbocycles. The first-order valence-electron chi connectivity index (χ1n) is 4.13. The summed E-state index contributed by atoms with van der Waals surface area (Å²) in [5.41, 5.74) is 0. The third kappa shape index (κ3) is 2.93. The van der Waals surface area contributed by atoms with Crippen LogP contribution in [0.2, 0.25) is 0 Å². The van der Waals surface area contributed by atoms with Crippen molar-refractivity contribution in [3.05, 3.63) is 0 Å². The van der Waals surface area contributed by atoms with Crippen LogP contribution in [0.4, 0.5) is 0 Å². The molecule has 0 amide bonds. The Labute approximate surface area is 68.2 Å². The van der Waals surface area contributed by atoms with Crippen molar-refractivity contribution in [2.75, 3.05) is 19.0 Å². The van der Waals surface area contributed by atoms with Gasteiger partial charge in [0, 0.05) is 11.1 Å². The molecule has 0 unspecified atom stereocenters. The fraction of sp³-hybridized carbons (Fsp3) is 1.00. The van der Waals surface area contributed by atoms with Crippen molar-refractivity contribution in [1.29, 1.82) is 0 Å². The van der Waals surface area contributed by atoms with E-state index in [0.717, 1.165) is 5.25 Å². The summed E-state index contributed by atoms with van der Waals surface area (Å²) in [4.78, 5) is 2.55. The van der Waals surface area contributed by atoms with Crippen molar-refractivity contribution in [2.24, 2.45) is 0 Å². The van der Waals surface area contributed by atoms with E-state index < -0.39 is 0 Å². The van der Waals surface area contributed by atoms with E-state index in [1.165, 1.54) is 31.8 Å². The van der Waals surface area contributed by atoms with Gasteiger partial charge in [0.25, 0.3) is 0 Å². The molecule has 1 aliphatic heterocycles. The predicted molar refractivity (Wildman–Crippen MR) is 48.4 cm³/mol. The van der Waals surface area contributed by atoms with E-state index in [1.54, 1.807) is 0 Å². The Balaban J connectivity index is 2.01. The molecular weight excluding hydrogens is 142 g/mol. The average molecular weight is 159 g/mol. The third-order valence-corrected chi connectivity index (χ3v) is 2.97. The molecule has 1 aliphatic rings. The summed E-state index contributed by atoms with van der Waals surface area (Å²) in [6.07, 6.45) is 2.83. The minimum absolute atomic E-state index is 0.792. The molecule has 0 atom stereocenters. The Hall–Kier alpha value is 0.310. The molecule has 1 fully saturated rings. The lowest BCUT2D eigenvalue weighted by Gasteiger charge is -2.14. The van der Waals surface area contributed by atoms with Crippen LogP contribution in [0, 0.1) is 0 Å². The molecule has 1 rings (SSSR count). The molecule has 1 saturated heterocycles. The van der Waals surface area contributed by atoms with Crippen molar-refractivity contribution < 1.29 is 0 Å². The molecule has 0 aromatic heterocycles. The molecule has 0 aromatic rings. The van der Waals surface area contributed by atoms with Gasteiger partial charge in [0.1, 0.15) is 0 Å². The topological polar surface area (TPSA) is 3.24 Å². The Bertz CT molecular complexity index is 87.3. The van der Waals surface area contributed by atoms with Crippen molar-refractivity contribution in [1.82, 2.24) is 4.90 Å². The van der Waals surface area contributed by atoms with E-state index in [1.807, 2.05) is 0 Å². The number of hydrogen-bond donors (Lipinski definition) is 0. The van der Waals surface area contributed by atoms with Crippen LogP contribution in [0.1, 0.15) is 26.7 Å². The van der Waals surface area contributed by atoms with Crippen molar-refractivity contribution in [2.45, 2.75) is 31.9 Å². The van der Waals surface area contributed by atoms with E-state index in [9.17, 15) is 0 Å². The lowest BCUT2D eigenvalue weighted by molar-refractivity contribution is 0.400. The highest BCUT2D eigenvalue weighted by Gasteiger charge is 2.10. The molecule has 0 bridgehead atoms.